The van der Waals surface area contributed by atoms with E-state index in [1.165, 1.54) is 31.0 Å². The first-order chi connectivity index (χ1) is 11.5. The van der Waals surface area contributed by atoms with E-state index in [9.17, 15) is 8.78 Å². The van der Waals surface area contributed by atoms with Gasteiger partial charge in [0.2, 0.25) is 0 Å². The van der Waals surface area contributed by atoms with Crippen molar-refractivity contribution in [1.29, 1.82) is 0 Å². The number of halogens is 2. The molecule has 134 valence electrons. The number of ether oxygens (including phenoxy) is 1. The van der Waals surface area contributed by atoms with Crippen molar-refractivity contribution in [2.75, 3.05) is 26.3 Å². The molecule has 0 radical (unpaired) electrons. The maximum Gasteiger partial charge on any atom is 0.130 e. The summed E-state index contributed by atoms with van der Waals surface area (Å²) in [6, 6.07) is 3.87. The fraction of sp³-hybridized carbons (Fsp3) is 0.684. The van der Waals surface area contributed by atoms with Crippen LogP contribution < -0.4 is 5.32 Å². The Morgan fingerprint density at radius 2 is 1.67 bits per heavy atom. The summed E-state index contributed by atoms with van der Waals surface area (Å²) in [5.74, 6) is -0.955. The van der Waals surface area contributed by atoms with Gasteiger partial charge in [-0.05, 0) is 38.8 Å². The van der Waals surface area contributed by atoms with Crippen LogP contribution in [0.1, 0.15) is 51.1 Å². The zero-order valence-electron chi connectivity index (χ0n) is 14.7. The van der Waals surface area contributed by atoms with Gasteiger partial charge in [-0.25, -0.2) is 8.78 Å². The Morgan fingerprint density at radius 1 is 1.08 bits per heavy atom. The van der Waals surface area contributed by atoms with Gasteiger partial charge < -0.3 is 10.1 Å². The first-order valence-corrected chi connectivity index (χ1v) is 9.07. The van der Waals surface area contributed by atoms with Crippen molar-refractivity contribution < 1.29 is 13.5 Å². The number of hydrogen-bond donors (Lipinski definition) is 1. The third kappa shape index (κ3) is 3.35. The van der Waals surface area contributed by atoms with Crippen LogP contribution in [0.15, 0.2) is 18.2 Å². The molecular weight excluding hydrogens is 310 g/mol. The second-order valence-electron chi connectivity index (χ2n) is 7.16. The monoisotopic (exact) mass is 338 g/mol. The molecule has 1 aliphatic carbocycles. The molecule has 0 bridgehead atoms. The summed E-state index contributed by atoms with van der Waals surface area (Å²) >= 11 is 0. The predicted molar refractivity (Wildman–Crippen MR) is 91.0 cm³/mol. The molecule has 3 rings (SSSR count). The van der Waals surface area contributed by atoms with Gasteiger partial charge >= 0.3 is 0 Å². The van der Waals surface area contributed by atoms with Crippen LogP contribution >= 0.6 is 0 Å². The molecule has 1 saturated carbocycles. The van der Waals surface area contributed by atoms with Gasteiger partial charge in [0.1, 0.15) is 11.6 Å². The summed E-state index contributed by atoms with van der Waals surface area (Å²) in [5, 5.41) is 3.50. The Morgan fingerprint density at radius 3 is 2.25 bits per heavy atom. The Labute approximate surface area is 143 Å². The molecule has 1 aromatic carbocycles. The molecule has 1 heterocycles. The molecular formula is C19H28F2N2O. The summed E-state index contributed by atoms with van der Waals surface area (Å²) in [6.45, 7) is 7.43. The minimum absolute atomic E-state index is 0.0692. The largest absolute Gasteiger partial charge is 0.379 e. The Bertz CT molecular complexity index is 534. The van der Waals surface area contributed by atoms with E-state index in [2.05, 4.69) is 17.1 Å². The third-order valence-electron chi connectivity index (χ3n) is 5.85. The molecule has 5 heteroatoms. The average molecular weight is 338 g/mol. The van der Waals surface area contributed by atoms with Crippen molar-refractivity contribution in [2.24, 2.45) is 0 Å². The van der Waals surface area contributed by atoms with Crippen molar-refractivity contribution in [3.63, 3.8) is 0 Å². The van der Waals surface area contributed by atoms with Crippen molar-refractivity contribution in [3.05, 3.63) is 35.4 Å². The lowest BCUT2D eigenvalue weighted by Gasteiger charge is -2.48. The summed E-state index contributed by atoms with van der Waals surface area (Å²) in [7, 11) is 0. The highest BCUT2D eigenvalue weighted by Gasteiger charge is 2.44. The molecule has 1 aliphatic heterocycles. The molecule has 1 N–H and O–H groups in total. The second kappa shape index (κ2) is 7.46. The van der Waals surface area contributed by atoms with Gasteiger partial charge in [0.25, 0.3) is 0 Å². The quantitative estimate of drug-likeness (QED) is 0.887. The van der Waals surface area contributed by atoms with Crippen LogP contribution in [-0.4, -0.2) is 42.8 Å². The SMILES string of the molecule is C[C@H](N[C@@H](C)C1(N2CCOCC2)CCCC1)c1c(F)cccc1F. The first kappa shape index (κ1) is 17.8. The van der Waals surface area contributed by atoms with Crippen LogP contribution in [0.3, 0.4) is 0 Å². The van der Waals surface area contributed by atoms with E-state index < -0.39 is 11.6 Å². The van der Waals surface area contributed by atoms with Crippen LogP contribution in [0, 0.1) is 11.6 Å². The molecule has 1 saturated heterocycles. The molecule has 1 aromatic rings. The van der Waals surface area contributed by atoms with E-state index in [4.69, 9.17) is 4.74 Å². The van der Waals surface area contributed by atoms with Crippen LogP contribution in [0.4, 0.5) is 8.78 Å². The maximum atomic E-state index is 14.1. The molecule has 3 nitrogen and oxygen atoms in total. The summed E-state index contributed by atoms with van der Waals surface area (Å²) in [5.41, 5.74) is 0.208. The van der Waals surface area contributed by atoms with Crippen molar-refractivity contribution in [1.82, 2.24) is 10.2 Å². The molecule has 0 spiro atoms. The van der Waals surface area contributed by atoms with Crippen molar-refractivity contribution in [2.45, 2.75) is 57.2 Å². The van der Waals surface area contributed by atoms with Gasteiger partial charge in [0, 0.05) is 36.3 Å². The van der Waals surface area contributed by atoms with Gasteiger partial charge in [0.05, 0.1) is 13.2 Å². The molecule has 0 unspecified atom stereocenters. The summed E-state index contributed by atoms with van der Waals surface area (Å²) in [4.78, 5) is 2.53. The summed E-state index contributed by atoms with van der Waals surface area (Å²) in [6.07, 6.45) is 4.69. The first-order valence-electron chi connectivity index (χ1n) is 9.07. The van der Waals surface area contributed by atoms with E-state index >= 15 is 0 Å². The predicted octanol–water partition coefficient (Wildman–Crippen LogP) is 3.65. The topological polar surface area (TPSA) is 24.5 Å². The van der Waals surface area contributed by atoms with Gasteiger partial charge in [-0.3, -0.25) is 4.90 Å². The smallest absolute Gasteiger partial charge is 0.130 e. The Balaban J connectivity index is 1.77. The Kier molecular flexibility index (Phi) is 5.52. The minimum Gasteiger partial charge on any atom is -0.379 e. The van der Waals surface area contributed by atoms with Crippen molar-refractivity contribution in [3.8, 4) is 0 Å². The van der Waals surface area contributed by atoms with E-state index in [0.29, 0.717) is 0 Å². The lowest BCUT2D eigenvalue weighted by Crippen LogP contribution is -2.61. The van der Waals surface area contributed by atoms with E-state index in [1.807, 2.05) is 6.92 Å². The lowest BCUT2D eigenvalue weighted by atomic mass is 9.85. The van der Waals surface area contributed by atoms with Gasteiger partial charge in [0.15, 0.2) is 0 Å². The highest BCUT2D eigenvalue weighted by Crippen LogP contribution is 2.39. The number of rotatable bonds is 5. The number of nitrogens with zero attached hydrogens (tertiary/aromatic N) is 1. The van der Waals surface area contributed by atoms with Crippen LogP contribution in [-0.2, 0) is 4.74 Å². The molecule has 0 aromatic heterocycles. The third-order valence-corrected chi connectivity index (χ3v) is 5.85. The normalized spacial score (nSPS) is 24.0. The minimum atomic E-state index is -0.478. The van der Waals surface area contributed by atoms with Crippen molar-refractivity contribution >= 4 is 0 Å². The fourth-order valence-corrected chi connectivity index (χ4v) is 4.56. The zero-order valence-corrected chi connectivity index (χ0v) is 14.7. The Hall–Kier alpha value is -1.04. The highest BCUT2D eigenvalue weighted by atomic mass is 19.1. The van der Waals surface area contributed by atoms with Gasteiger partial charge in [-0.2, -0.15) is 0 Å². The number of hydrogen-bond acceptors (Lipinski definition) is 3. The zero-order chi connectivity index (χ0) is 17.2. The number of morpholine rings is 1. The molecule has 2 atom stereocenters. The number of nitrogens with one attached hydrogen (secondary N) is 1. The average Bonchev–Trinajstić information content (AvgIpc) is 3.06. The maximum absolute atomic E-state index is 14.1. The second-order valence-corrected chi connectivity index (χ2v) is 7.16. The lowest BCUT2D eigenvalue weighted by molar-refractivity contribution is -0.0345. The van der Waals surface area contributed by atoms with E-state index in [1.54, 1.807) is 0 Å². The van der Waals surface area contributed by atoms with Gasteiger partial charge in [-0.1, -0.05) is 18.9 Å². The molecule has 2 aliphatic rings. The van der Waals surface area contributed by atoms with Gasteiger partial charge in [-0.15, -0.1) is 0 Å². The van der Waals surface area contributed by atoms with Crippen LogP contribution in [0.2, 0.25) is 0 Å². The van der Waals surface area contributed by atoms with E-state index in [0.717, 1.165) is 39.1 Å². The summed E-state index contributed by atoms with van der Waals surface area (Å²) < 4.78 is 33.6. The van der Waals surface area contributed by atoms with Crippen LogP contribution in [0.5, 0.6) is 0 Å². The molecule has 2 fully saturated rings. The molecule has 0 amide bonds. The fourth-order valence-electron chi connectivity index (χ4n) is 4.56. The standard InChI is InChI=1S/C19H28F2N2O/c1-14(18-16(20)6-5-7-17(18)21)22-15(2)19(8-3-4-9-19)23-10-12-24-13-11-23/h5-7,14-15,22H,3-4,8-13H2,1-2H3/t14-,15-/m0/s1. The van der Waals surface area contributed by atoms with Crippen LogP contribution in [0.25, 0.3) is 0 Å². The highest BCUT2D eigenvalue weighted by molar-refractivity contribution is 5.23. The molecule has 24 heavy (non-hydrogen) atoms. The van der Waals surface area contributed by atoms with E-state index in [-0.39, 0.29) is 23.2 Å². The number of benzene rings is 1.